The molecule has 0 radical (unpaired) electrons. The van der Waals surface area contributed by atoms with Crippen molar-refractivity contribution in [2.24, 2.45) is 0 Å². The maximum Gasteiger partial charge on any atom is 0.423 e. The van der Waals surface area contributed by atoms with Crippen LogP contribution in [0.15, 0.2) is 51.1 Å². The minimum atomic E-state index is -1.15. The van der Waals surface area contributed by atoms with E-state index in [1.807, 2.05) is 0 Å². The van der Waals surface area contributed by atoms with Crippen LogP contribution in [0.1, 0.15) is 0 Å². The van der Waals surface area contributed by atoms with Gasteiger partial charge in [-0.1, -0.05) is 31.9 Å². The van der Waals surface area contributed by atoms with Gasteiger partial charge in [0.1, 0.15) is 0 Å². The fourth-order valence-corrected chi connectivity index (χ4v) is 6.36. The summed E-state index contributed by atoms with van der Waals surface area (Å²) >= 11 is 19.7. The number of benzene rings is 2. The highest BCUT2D eigenvalue weighted by molar-refractivity contribution is 9.12. The number of hydrogen-bond acceptors (Lipinski definition) is 4. The van der Waals surface area contributed by atoms with E-state index in [-0.39, 0.29) is 11.5 Å². The lowest BCUT2D eigenvalue weighted by molar-refractivity contribution is -0.156. The van der Waals surface area contributed by atoms with Gasteiger partial charge in [0.25, 0.3) is 0 Å². The van der Waals surface area contributed by atoms with Crippen molar-refractivity contribution in [3.05, 3.63) is 51.1 Å². The molecule has 0 amide bonds. The fraction of sp³-hybridized carbons (Fsp3) is 0. The molecule has 0 aliphatic rings. The van der Waals surface area contributed by atoms with Gasteiger partial charge in [-0.2, -0.15) is 0 Å². The van der Waals surface area contributed by atoms with Crippen LogP contribution in [0.5, 0.6) is 11.5 Å². The van der Waals surface area contributed by atoms with Gasteiger partial charge in [-0.25, -0.2) is 9.59 Å². The van der Waals surface area contributed by atoms with Crippen LogP contribution in [-0.4, -0.2) is 11.9 Å². The number of ether oxygens (including phenoxy) is 2. The molecule has 0 N–H and O–H groups in total. The van der Waals surface area contributed by atoms with Crippen molar-refractivity contribution < 1.29 is 19.1 Å². The van der Waals surface area contributed by atoms with Gasteiger partial charge in [-0.3, -0.25) is 0 Å². The van der Waals surface area contributed by atoms with E-state index < -0.39 is 11.9 Å². The van der Waals surface area contributed by atoms with Crippen LogP contribution in [-0.2, 0) is 9.59 Å². The predicted molar refractivity (Wildman–Crippen MR) is 110 cm³/mol. The Hall–Kier alpha value is 0.260. The maximum atomic E-state index is 12.0. The molecule has 10 heteroatoms. The van der Waals surface area contributed by atoms with Crippen LogP contribution in [0.4, 0.5) is 0 Å². The Kier molecular flexibility index (Phi) is 7.51. The molecule has 2 rings (SSSR count). The van der Waals surface area contributed by atoms with Crippen LogP contribution >= 0.6 is 95.6 Å². The third kappa shape index (κ3) is 5.14. The summed E-state index contributed by atoms with van der Waals surface area (Å²) in [6.45, 7) is 0. The summed E-state index contributed by atoms with van der Waals surface area (Å²) in [6.07, 6.45) is 0. The molecule has 0 bridgehead atoms. The third-order valence-electron chi connectivity index (χ3n) is 2.48. The average Bonchev–Trinajstić information content (AvgIpc) is 2.46. The van der Waals surface area contributed by atoms with Gasteiger partial charge >= 0.3 is 11.9 Å². The highest BCUT2D eigenvalue weighted by atomic mass is 79.9. The number of esters is 2. The zero-order chi connectivity index (χ0) is 18.0. The molecule has 0 aliphatic carbocycles. The molecule has 0 spiro atoms. The largest absolute Gasteiger partial charge is 0.423 e. The molecule has 4 nitrogen and oxygen atoms in total. The topological polar surface area (TPSA) is 52.6 Å². The molecule has 2 aromatic rings. The first-order valence-electron chi connectivity index (χ1n) is 5.92. The molecule has 0 saturated heterocycles. The first-order valence-corrected chi connectivity index (χ1v) is 10.7. The molecule has 0 aromatic heterocycles. The van der Waals surface area contributed by atoms with E-state index in [4.69, 9.17) is 9.47 Å². The SMILES string of the molecule is O=C(Oc1c(Br)cc(Br)cc1Br)C(=O)Oc1c(Br)cc(Br)cc1Br. The molecule has 0 aliphatic heterocycles. The zero-order valence-electron chi connectivity index (χ0n) is 11.2. The first kappa shape index (κ1) is 20.6. The lowest BCUT2D eigenvalue weighted by Crippen LogP contribution is -2.26. The van der Waals surface area contributed by atoms with Gasteiger partial charge in [-0.05, 0) is 88.0 Å². The number of rotatable bonds is 2. The lowest BCUT2D eigenvalue weighted by Gasteiger charge is -2.11. The molecular weight excluding hydrogens is 712 g/mol. The van der Waals surface area contributed by atoms with Crippen molar-refractivity contribution in [2.45, 2.75) is 0 Å². The van der Waals surface area contributed by atoms with E-state index in [1.54, 1.807) is 24.3 Å². The zero-order valence-corrected chi connectivity index (χ0v) is 20.7. The van der Waals surface area contributed by atoms with E-state index in [0.29, 0.717) is 17.9 Å². The molecule has 0 heterocycles. The second kappa shape index (κ2) is 8.77. The van der Waals surface area contributed by atoms with Crippen LogP contribution in [0.25, 0.3) is 0 Å². The molecular formula is C14H4Br6O4. The van der Waals surface area contributed by atoms with Crippen LogP contribution in [0.2, 0.25) is 0 Å². The smallest absolute Gasteiger partial charge is 0.416 e. The Morgan fingerprint density at radius 1 is 0.583 bits per heavy atom. The summed E-state index contributed by atoms with van der Waals surface area (Å²) in [6, 6.07) is 6.72. The normalized spacial score (nSPS) is 10.4. The molecule has 0 atom stereocenters. The van der Waals surface area contributed by atoms with E-state index >= 15 is 0 Å². The molecule has 2 aromatic carbocycles. The predicted octanol–water partition coefficient (Wildman–Crippen LogP) is 6.77. The number of carbonyl (C=O) groups excluding carboxylic acids is 2. The Bertz CT molecular complexity index is 720. The van der Waals surface area contributed by atoms with Gasteiger partial charge < -0.3 is 9.47 Å². The minimum Gasteiger partial charge on any atom is -0.416 e. The monoisotopic (exact) mass is 710 g/mol. The van der Waals surface area contributed by atoms with E-state index in [2.05, 4.69) is 95.6 Å². The highest BCUT2D eigenvalue weighted by Crippen LogP contribution is 2.38. The summed E-state index contributed by atoms with van der Waals surface area (Å²) in [5.74, 6) is -1.95. The summed E-state index contributed by atoms with van der Waals surface area (Å²) in [5, 5.41) is 0. The minimum absolute atomic E-state index is 0.175. The number of halogens is 6. The second-order valence-electron chi connectivity index (χ2n) is 4.18. The van der Waals surface area contributed by atoms with Crippen molar-refractivity contribution in [1.29, 1.82) is 0 Å². The van der Waals surface area contributed by atoms with Crippen molar-refractivity contribution in [3.63, 3.8) is 0 Å². The Labute approximate surface area is 187 Å². The molecule has 0 saturated carbocycles. The summed E-state index contributed by atoms with van der Waals surface area (Å²) in [5.41, 5.74) is 0. The summed E-state index contributed by atoms with van der Waals surface area (Å²) in [4.78, 5) is 24.0. The van der Waals surface area contributed by atoms with Crippen molar-refractivity contribution in [2.75, 3.05) is 0 Å². The molecule has 126 valence electrons. The standard InChI is InChI=1S/C14H4Br6O4/c15-5-1-7(17)11(8(18)2-5)23-13(21)14(22)24-12-9(19)3-6(16)4-10(12)20/h1-4H. The van der Waals surface area contributed by atoms with Crippen molar-refractivity contribution in [1.82, 2.24) is 0 Å². The van der Waals surface area contributed by atoms with Gasteiger partial charge in [-0.15, -0.1) is 0 Å². The quantitative estimate of drug-likeness (QED) is 0.196. The third-order valence-corrected chi connectivity index (χ3v) is 5.75. The van der Waals surface area contributed by atoms with E-state index in [1.165, 1.54) is 0 Å². The first-order chi connectivity index (χ1) is 11.2. The van der Waals surface area contributed by atoms with Gasteiger partial charge in [0.05, 0.1) is 17.9 Å². The van der Waals surface area contributed by atoms with Gasteiger partial charge in [0, 0.05) is 8.95 Å². The molecule has 0 fully saturated rings. The number of carbonyl (C=O) groups is 2. The molecule has 0 unspecified atom stereocenters. The number of hydrogen-bond donors (Lipinski definition) is 0. The fourth-order valence-electron chi connectivity index (χ4n) is 1.52. The average molecular weight is 716 g/mol. The van der Waals surface area contributed by atoms with Crippen LogP contribution in [0, 0.1) is 0 Å². The van der Waals surface area contributed by atoms with Gasteiger partial charge in [0.2, 0.25) is 0 Å². The summed E-state index contributed by atoms with van der Waals surface area (Å²) < 4.78 is 13.7. The van der Waals surface area contributed by atoms with Crippen LogP contribution in [0.3, 0.4) is 0 Å². The summed E-state index contributed by atoms with van der Waals surface area (Å²) in [7, 11) is 0. The molecule has 24 heavy (non-hydrogen) atoms. The van der Waals surface area contributed by atoms with Gasteiger partial charge in [0.15, 0.2) is 11.5 Å². The van der Waals surface area contributed by atoms with E-state index in [0.717, 1.165) is 8.95 Å². The Morgan fingerprint density at radius 2 is 0.833 bits per heavy atom. The maximum absolute atomic E-state index is 12.0. The van der Waals surface area contributed by atoms with E-state index in [9.17, 15) is 9.59 Å². The van der Waals surface area contributed by atoms with Crippen LogP contribution < -0.4 is 9.47 Å². The van der Waals surface area contributed by atoms with Crippen molar-refractivity contribution in [3.8, 4) is 11.5 Å². The van der Waals surface area contributed by atoms with Crippen molar-refractivity contribution >= 4 is 108 Å². The Balaban J connectivity index is 2.19. The lowest BCUT2D eigenvalue weighted by atomic mass is 10.3. The highest BCUT2D eigenvalue weighted by Gasteiger charge is 2.24. The Morgan fingerprint density at radius 3 is 1.08 bits per heavy atom. The second-order valence-corrected chi connectivity index (χ2v) is 9.42.